The Bertz CT molecular complexity index is 165. The summed E-state index contributed by atoms with van der Waals surface area (Å²) in [6.07, 6.45) is 7.43. The molecule has 0 atom stereocenters. The number of carbonyl (C=O) groups excluding carboxylic acids is 1. The fraction of sp³-hybridized carbons (Fsp3) is 0.846. The van der Waals surface area contributed by atoms with E-state index in [2.05, 4.69) is 6.92 Å². The van der Waals surface area contributed by atoms with Gasteiger partial charge in [-0.3, -0.25) is 4.89 Å². The summed E-state index contributed by atoms with van der Waals surface area (Å²) in [7, 11) is 0. The summed E-state index contributed by atoms with van der Waals surface area (Å²) in [6.45, 7) is 7.80. The summed E-state index contributed by atoms with van der Waals surface area (Å²) in [5.74, 6) is -0.249. The quantitative estimate of drug-likeness (QED) is 0.324. The van der Waals surface area contributed by atoms with Crippen molar-refractivity contribution in [2.75, 3.05) is 0 Å². The molecule has 3 nitrogen and oxygen atoms in total. The number of unbranched alkanes of at least 4 members (excludes halogenated alkanes) is 4. The van der Waals surface area contributed by atoms with Gasteiger partial charge in [0.1, 0.15) is 6.10 Å². The molecule has 0 saturated carbocycles. The van der Waals surface area contributed by atoms with Crippen molar-refractivity contribution in [3.05, 3.63) is 6.92 Å². The Morgan fingerprint density at radius 2 is 1.75 bits per heavy atom. The second kappa shape index (κ2) is 10.9. The molecule has 0 fully saturated rings. The van der Waals surface area contributed by atoms with Crippen molar-refractivity contribution in [1.29, 1.82) is 0 Å². The minimum atomic E-state index is -0.249. The molecular weight excluding hydrogens is 204 g/mol. The lowest BCUT2D eigenvalue weighted by atomic mass is 10.1. The summed E-state index contributed by atoms with van der Waals surface area (Å²) < 4.78 is 0. The number of hydrogen-bond acceptors (Lipinski definition) is 3. The Balaban J connectivity index is 3.37. The zero-order valence-electron chi connectivity index (χ0n) is 10.7. The normalized spacial score (nSPS) is 10.8. The van der Waals surface area contributed by atoms with Crippen LogP contribution in [0.2, 0.25) is 0 Å². The van der Waals surface area contributed by atoms with Crippen LogP contribution in [0.3, 0.4) is 0 Å². The second-order valence-electron chi connectivity index (χ2n) is 4.01. The second-order valence-corrected chi connectivity index (χ2v) is 4.01. The Labute approximate surface area is 99.4 Å². The van der Waals surface area contributed by atoms with Crippen molar-refractivity contribution >= 4 is 5.97 Å². The Morgan fingerprint density at radius 3 is 2.31 bits per heavy atom. The molecule has 0 heterocycles. The van der Waals surface area contributed by atoms with Gasteiger partial charge < -0.3 is 0 Å². The van der Waals surface area contributed by atoms with Crippen LogP contribution in [0.15, 0.2) is 0 Å². The molecule has 0 unspecified atom stereocenters. The Hall–Kier alpha value is -0.570. The number of hydrogen-bond donors (Lipinski definition) is 0. The minimum absolute atomic E-state index is 0.0371. The SMILES string of the molecule is [CH2]CCCCCCC(=O)OOC(CC)CC. The molecule has 0 spiro atoms. The first-order valence-electron chi connectivity index (χ1n) is 6.39. The van der Waals surface area contributed by atoms with Crippen LogP contribution < -0.4 is 0 Å². The van der Waals surface area contributed by atoms with Gasteiger partial charge in [0.2, 0.25) is 0 Å². The Morgan fingerprint density at radius 1 is 1.12 bits per heavy atom. The van der Waals surface area contributed by atoms with Gasteiger partial charge in [0, 0.05) is 6.42 Å². The van der Waals surface area contributed by atoms with Crippen molar-refractivity contribution in [2.24, 2.45) is 0 Å². The average molecular weight is 229 g/mol. The van der Waals surface area contributed by atoms with E-state index in [0.717, 1.165) is 44.9 Å². The molecule has 1 radical (unpaired) electrons. The third-order valence-corrected chi connectivity index (χ3v) is 2.57. The molecule has 0 aromatic carbocycles. The van der Waals surface area contributed by atoms with Crippen molar-refractivity contribution < 1.29 is 14.6 Å². The Kier molecular flexibility index (Phi) is 10.5. The summed E-state index contributed by atoms with van der Waals surface area (Å²) in [5.41, 5.74) is 0. The molecule has 0 aromatic rings. The lowest BCUT2D eigenvalue weighted by Gasteiger charge is -2.11. The topological polar surface area (TPSA) is 35.5 Å². The van der Waals surface area contributed by atoms with E-state index in [9.17, 15) is 4.79 Å². The highest BCUT2D eigenvalue weighted by Crippen LogP contribution is 2.08. The van der Waals surface area contributed by atoms with Crippen molar-refractivity contribution in [1.82, 2.24) is 0 Å². The van der Waals surface area contributed by atoms with E-state index in [1.165, 1.54) is 0 Å². The summed E-state index contributed by atoms with van der Waals surface area (Å²) in [6, 6.07) is 0. The summed E-state index contributed by atoms with van der Waals surface area (Å²) >= 11 is 0. The van der Waals surface area contributed by atoms with Crippen LogP contribution in [0.25, 0.3) is 0 Å². The van der Waals surface area contributed by atoms with Crippen LogP contribution in [-0.2, 0) is 14.6 Å². The van der Waals surface area contributed by atoms with E-state index < -0.39 is 0 Å². The maximum atomic E-state index is 11.3. The van der Waals surface area contributed by atoms with Gasteiger partial charge in [-0.2, -0.15) is 4.89 Å². The van der Waals surface area contributed by atoms with Gasteiger partial charge >= 0.3 is 5.97 Å². The average Bonchev–Trinajstić information content (AvgIpc) is 2.30. The largest absolute Gasteiger partial charge is 0.342 e. The van der Waals surface area contributed by atoms with Gasteiger partial charge in [0.15, 0.2) is 0 Å². The fourth-order valence-corrected chi connectivity index (χ4v) is 1.39. The predicted octanol–water partition coefficient (Wildman–Crippen LogP) is 3.82. The van der Waals surface area contributed by atoms with E-state index in [1.807, 2.05) is 13.8 Å². The van der Waals surface area contributed by atoms with Gasteiger partial charge in [-0.1, -0.05) is 46.5 Å². The maximum absolute atomic E-state index is 11.3. The molecular formula is C13H25O3. The monoisotopic (exact) mass is 229 g/mol. The van der Waals surface area contributed by atoms with Crippen LogP contribution in [0.1, 0.15) is 65.2 Å². The third kappa shape index (κ3) is 8.72. The first-order chi connectivity index (χ1) is 7.74. The molecule has 0 N–H and O–H groups in total. The smallest absolute Gasteiger partial charge is 0.298 e. The van der Waals surface area contributed by atoms with Gasteiger partial charge in [-0.05, 0) is 19.3 Å². The highest BCUT2D eigenvalue weighted by molar-refractivity contribution is 5.68. The fourth-order valence-electron chi connectivity index (χ4n) is 1.39. The van der Waals surface area contributed by atoms with Gasteiger partial charge in [-0.25, -0.2) is 4.79 Å². The molecule has 0 aliphatic carbocycles. The van der Waals surface area contributed by atoms with Crippen LogP contribution in [0.4, 0.5) is 0 Å². The van der Waals surface area contributed by atoms with Crippen molar-refractivity contribution in [2.45, 2.75) is 71.3 Å². The zero-order chi connectivity index (χ0) is 12.2. The summed E-state index contributed by atoms with van der Waals surface area (Å²) in [4.78, 5) is 21.0. The highest BCUT2D eigenvalue weighted by Gasteiger charge is 2.09. The van der Waals surface area contributed by atoms with Crippen molar-refractivity contribution in [3.8, 4) is 0 Å². The standard InChI is InChI=1S/C13H25O3/c1-4-7-8-9-10-11-13(14)16-15-12(5-2)6-3/h12H,1,4-11H2,2-3H3. The van der Waals surface area contributed by atoms with Crippen LogP contribution in [-0.4, -0.2) is 12.1 Å². The molecule has 0 saturated heterocycles. The van der Waals surface area contributed by atoms with E-state index >= 15 is 0 Å². The van der Waals surface area contributed by atoms with Gasteiger partial charge in [-0.15, -0.1) is 0 Å². The van der Waals surface area contributed by atoms with E-state index in [-0.39, 0.29) is 12.1 Å². The maximum Gasteiger partial charge on any atom is 0.342 e. The number of rotatable bonds is 10. The lowest BCUT2D eigenvalue weighted by molar-refractivity contribution is -0.298. The molecule has 0 rings (SSSR count). The summed E-state index contributed by atoms with van der Waals surface area (Å²) in [5, 5.41) is 0. The van der Waals surface area contributed by atoms with Crippen LogP contribution in [0, 0.1) is 6.92 Å². The lowest BCUT2D eigenvalue weighted by Crippen LogP contribution is -2.14. The van der Waals surface area contributed by atoms with Gasteiger partial charge in [0.05, 0.1) is 0 Å². The molecule has 3 heteroatoms. The molecule has 0 aliphatic heterocycles. The van der Waals surface area contributed by atoms with E-state index in [1.54, 1.807) is 0 Å². The first kappa shape index (κ1) is 15.4. The third-order valence-electron chi connectivity index (χ3n) is 2.57. The molecule has 0 amide bonds. The molecule has 16 heavy (non-hydrogen) atoms. The number of carbonyl (C=O) groups is 1. The van der Waals surface area contributed by atoms with Crippen LogP contribution in [0.5, 0.6) is 0 Å². The molecule has 0 bridgehead atoms. The van der Waals surface area contributed by atoms with E-state index in [0.29, 0.717) is 6.42 Å². The molecule has 0 aliphatic rings. The van der Waals surface area contributed by atoms with E-state index in [4.69, 9.17) is 9.78 Å². The highest BCUT2D eigenvalue weighted by atomic mass is 17.2. The predicted molar refractivity (Wildman–Crippen MR) is 64.6 cm³/mol. The zero-order valence-corrected chi connectivity index (χ0v) is 10.7. The van der Waals surface area contributed by atoms with Crippen molar-refractivity contribution in [3.63, 3.8) is 0 Å². The van der Waals surface area contributed by atoms with Gasteiger partial charge in [0.25, 0.3) is 0 Å². The molecule has 0 aromatic heterocycles. The first-order valence-corrected chi connectivity index (χ1v) is 6.39. The van der Waals surface area contributed by atoms with Crippen LogP contribution >= 0.6 is 0 Å². The molecule has 95 valence electrons. The minimum Gasteiger partial charge on any atom is -0.298 e.